The number of nitro groups is 1. The highest BCUT2D eigenvalue weighted by molar-refractivity contribution is 6.26. The van der Waals surface area contributed by atoms with Gasteiger partial charge in [0.25, 0.3) is 17.5 Å². The molecule has 3 aromatic carbocycles. The van der Waals surface area contributed by atoms with E-state index < -0.39 is 22.6 Å². The van der Waals surface area contributed by atoms with E-state index in [0.717, 1.165) is 0 Å². The van der Waals surface area contributed by atoms with Crippen LogP contribution in [0.4, 0.5) is 10.1 Å². The number of non-ortho nitro benzene ring substituents is 1. The second kappa shape index (κ2) is 6.10. The molecule has 132 valence electrons. The van der Waals surface area contributed by atoms with E-state index in [1.54, 1.807) is 6.07 Å². The minimum Gasteiger partial charge on any atom is -0.267 e. The van der Waals surface area contributed by atoms with Crippen molar-refractivity contribution in [3.05, 3.63) is 87.2 Å². The zero-order valence-electron chi connectivity index (χ0n) is 13.6. The van der Waals surface area contributed by atoms with Crippen LogP contribution in [-0.2, 0) is 0 Å². The van der Waals surface area contributed by atoms with Crippen molar-refractivity contribution in [3.8, 4) is 0 Å². The van der Waals surface area contributed by atoms with Gasteiger partial charge in [-0.25, -0.2) is 4.39 Å². The van der Waals surface area contributed by atoms with E-state index in [2.05, 4.69) is 5.10 Å². The van der Waals surface area contributed by atoms with Crippen molar-refractivity contribution in [1.29, 1.82) is 0 Å². The number of imide groups is 1. The van der Waals surface area contributed by atoms with E-state index in [0.29, 0.717) is 10.6 Å². The summed E-state index contributed by atoms with van der Waals surface area (Å²) < 4.78 is 13.3. The van der Waals surface area contributed by atoms with Crippen LogP contribution in [0.15, 0.2) is 59.7 Å². The lowest BCUT2D eigenvalue weighted by molar-refractivity contribution is -0.383. The molecule has 0 unspecified atom stereocenters. The number of carbonyl (C=O) groups is 2. The van der Waals surface area contributed by atoms with Gasteiger partial charge in [0.05, 0.1) is 27.7 Å². The molecular formula is C19H10FN3O4. The molecular weight excluding hydrogens is 353 g/mol. The third-order valence-electron chi connectivity index (χ3n) is 4.23. The molecule has 3 aromatic rings. The van der Waals surface area contributed by atoms with Crippen LogP contribution in [0.1, 0.15) is 26.3 Å². The maximum absolute atomic E-state index is 13.3. The van der Waals surface area contributed by atoms with E-state index in [9.17, 15) is 24.1 Å². The number of rotatable bonds is 3. The normalized spacial score (nSPS) is 13.6. The summed E-state index contributed by atoms with van der Waals surface area (Å²) in [7, 11) is 0. The first-order valence-electron chi connectivity index (χ1n) is 7.86. The second-order valence-corrected chi connectivity index (χ2v) is 5.84. The molecule has 0 atom stereocenters. The van der Waals surface area contributed by atoms with Crippen LogP contribution in [-0.4, -0.2) is 28.0 Å². The Balaban J connectivity index is 1.83. The molecule has 0 N–H and O–H groups in total. The molecule has 0 spiro atoms. The van der Waals surface area contributed by atoms with Gasteiger partial charge in [-0.15, -0.1) is 0 Å². The largest absolute Gasteiger partial charge is 0.282 e. The number of nitrogens with zero attached hydrogens (tertiary/aromatic N) is 3. The van der Waals surface area contributed by atoms with Gasteiger partial charge in [0.15, 0.2) is 0 Å². The fraction of sp³-hybridized carbons (Fsp3) is 0. The van der Waals surface area contributed by atoms with E-state index in [4.69, 9.17) is 0 Å². The summed E-state index contributed by atoms with van der Waals surface area (Å²) in [6.07, 6.45) is 1.20. The smallest absolute Gasteiger partial charge is 0.267 e. The first-order chi connectivity index (χ1) is 13.0. The van der Waals surface area contributed by atoms with Crippen LogP contribution < -0.4 is 0 Å². The Morgan fingerprint density at radius 1 is 1.00 bits per heavy atom. The minimum absolute atomic E-state index is 0.141. The maximum atomic E-state index is 13.3. The fourth-order valence-corrected chi connectivity index (χ4v) is 3.04. The number of amides is 2. The third kappa shape index (κ3) is 2.63. The number of hydrogen-bond acceptors (Lipinski definition) is 5. The predicted octanol–water partition coefficient (Wildman–Crippen LogP) is 3.52. The van der Waals surface area contributed by atoms with Crippen LogP contribution >= 0.6 is 0 Å². The van der Waals surface area contributed by atoms with Crippen molar-refractivity contribution in [2.75, 3.05) is 0 Å². The first kappa shape index (κ1) is 16.5. The average molecular weight is 363 g/mol. The Hall–Kier alpha value is -3.94. The lowest BCUT2D eigenvalue weighted by Gasteiger charge is -2.22. The Kier molecular flexibility index (Phi) is 3.73. The average Bonchev–Trinajstić information content (AvgIpc) is 2.65. The standard InChI is InChI=1S/C19H10FN3O4/c20-12-4-1-3-11(9-12)10-21-22-18(24)14-6-2-5-13-16(23(26)27)8-7-15(17(13)14)19(22)25/h1-10H. The highest BCUT2D eigenvalue weighted by Gasteiger charge is 2.34. The van der Waals surface area contributed by atoms with E-state index in [1.165, 1.54) is 54.7 Å². The zero-order chi connectivity index (χ0) is 19.1. The van der Waals surface area contributed by atoms with Crippen LogP contribution in [0.5, 0.6) is 0 Å². The topological polar surface area (TPSA) is 92.9 Å². The van der Waals surface area contributed by atoms with Crippen molar-refractivity contribution in [2.45, 2.75) is 0 Å². The van der Waals surface area contributed by atoms with Crippen LogP contribution in [0.25, 0.3) is 10.8 Å². The number of hydrazone groups is 1. The molecule has 1 heterocycles. The molecule has 1 aliphatic rings. The van der Waals surface area contributed by atoms with Crippen LogP contribution in [0, 0.1) is 15.9 Å². The summed E-state index contributed by atoms with van der Waals surface area (Å²) in [5.74, 6) is -1.88. The second-order valence-electron chi connectivity index (χ2n) is 5.84. The first-order valence-corrected chi connectivity index (χ1v) is 7.86. The van der Waals surface area contributed by atoms with Crippen molar-refractivity contribution >= 4 is 34.5 Å². The van der Waals surface area contributed by atoms with Crippen molar-refractivity contribution < 1.29 is 18.9 Å². The highest BCUT2D eigenvalue weighted by Crippen LogP contribution is 2.35. The van der Waals surface area contributed by atoms with E-state index in [1.807, 2.05) is 0 Å². The molecule has 0 aromatic heterocycles. The third-order valence-corrected chi connectivity index (χ3v) is 4.23. The summed E-state index contributed by atoms with van der Waals surface area (Å²) in [6.45, 7) is 0. The van der Waals surface area contributed by atoms with Gasteiger partial charge in [-0.1, -0.05) is 18.2 Å². The predicted molar refractivity (Wildman–Crippen MR) is 95.1 cm³/mol. The van der Waals surface area contributed by atoms with Crippen molar-refractivity contribution in [1.82, 2.24) is 5.01 Å². The van der Waals surface area contributed by atoms with Gasteiger partial charge in [0, 0.05) is 11.5 Å². The van der Waals surface area contributed by atoms with Gasteiger partial charge in [-0.05, 0) is 35.9 Å². The Morgan fingerprint density at radius 3 is 2.41 bits per heavy atom. The molecule has 0 aliphatic carbocycles. The van der Waals surface area contributed by atoms with Gasteiger partial charge in [0.1, 0.15) is 5.82 Å². The summed E-state index contributed by atoms with van der Waals surface area (Å²) in [5, 5.41) is 16.3. The van der Waals surface area contributed by atoms with Crippen molar-refractivity contribution in [2.24, 2.45) is 5.10 Å². The van der Waals surface area contributed by atoms with Crippen molar-refractivity contribution in [3.63, 3.8) is 0 Å². The molecule has 7 nitrogen and oxygen atoms in total. The number of benzene rings is 3. The van der Waals surface area contributed by atoms with Gasteiger partial charge in [0.2, 0.25) is 0 Å². The summed E-state index contributed by atoms with van der Waals surface area (Å²) in [4.78, 5) is 36.1. The molecule has 0 radical (unpaired) electrons. The van der Waals surface area contributed by atoms with Gasteiger partial charge >= 0.3 is 0 Å². The number of hydrogen-bond donors (Lipinski definition) is 0. The molecule has 2 amide bonds. The summed E-state index contributed by atoms with van der Waals surface area (Å²) in [6, 6.07) is 12.5. The Bertz CT molecular complexity index is 1150. The van der Waals surface area contributed by atoms with Crippen LogP contribution in [0.3, 0.4) is 0 Å². The van der Waals surface area contributed by atoms with E-state index in [-0.39, 0.29) is 27.6 Å². The SMILES string of the molecule is O=C1c2cccc3c([N+](=O)[O-])ccc(c23)C(=O)N1N=Cc1cccc(F)c1. The number of halogens is 1. The molecule has 0 fully saturated rings. The minimum atomic E-state index is -0.703. The highest BCUT2D eigenvalue weighted by atomic mass is 19.1. The molecule has 0 bridgehead atoms. The number of nitro benzene ring substituents is 1. The zero-order valence-corrected chi connectivity index (χ0v) is 13.6. The maximum Gasteiger partial charge on any atom is 0.282 e. The molecule has 0 saturated heterocycles. The van der Waals surface area contributed by atoms with Gasteiger partial charge < -0.3 is 0 Å². The van der Waals surface area contributed by atoms with Crippen LogP contribution in [0.2, 0.25) is 0 Å². The molecule has 27 heavy (non-hydrogen) atoms. The summed E-state index contributed by atoms with van der Waals surface area (Å²) in [5.41, 5.74) is 0.473. The fourth-order valence-electron chi connectivity index (χ4n) is 3.04. The Morgan fingerprint density at radius 2 is 1.70 bits per heavy atom. The molecule has 8 heteroatoms. The lowest BCUT2D eigenvalue weighted by Crippen LogP contribution is -2.36. The van der Waals surface area contributed by atoms with Gasteiger partial charge in [-0.2, -0.15) is 10.1 Å². The molecule has 1 aliphatic heterocycles. The van der Waals surface area contributed by atoms with Gasteiger partial charge in [-0.3, -0.25) is 19.7 Å². The monoisotopic (exact) mass is 363 g/mol. The lowest BCUT2D eigenvalue weighted by atomic mass is 9.94. The molecule has 0 saturated carbocycles. The summed E-state index contributed by atoms with van der Waals surface area (Å²) >= 11 is 0. The van der Waals surface area contributed by atoms with E-state index >= 15 is 0 Å². The number of carbonyl (C=O) groups excluding carboxylic acids is 2. The quantitative estimate of drug-likeness (QED) is 0.308. The molecule has 4 rings (SSSR count). The Labute approximate surface area is 151 Å².